The molecule has 15 heavy (non-hydrogen) atoms. The highest BCUT2D eigenvalue weighted by Gasteiger charge is 2.13. The minimum atomic E-state index is 0.168. The number of nitriles is 1. The first kappa shape index (κ1) is 9.62. The van der Waals surface area contributed by atoms with E-state index < -0.39 is 0 Å². The van der Waals surface area contributed by atoms with Crippen molar-refractivity contribution >= 4 is 23.5 Å². The summed E-state index contributed by atoms with van der Waals surface area (Å²) in [4.78, 5) is 14.7. The number of hydrogen-bond acceptors (Lipinski definition) is 4. The predicted octanol–water partition coefficient (Wildman–Crippen LogP) is 1.38. The summed E-state index contributed by atoms with van der Waals surface area (Å²) in [6.07, 6.45) is 0.619. The van der Waals surface area contributed by atoms with E-state index >= 15 is 0 Å². The molecule has 0 aromatic carbocycles. The first-order chi connectivity index (χ1) is 7.17. The zero-order valence-corrected chi connectivity index (χ0v) is 8.49. The maximum absolute atomic E-state index is 10.8. The monoisotopic (exact) mass is 220 g/mol. The van der Waals surface area contributed by atoms with Gasteiger partial charge in [-0.1, -0.05) is 11.6 Å². The maximum Gasteiger partial charge on any atom is 0.175 e. The Kier molecular flexibility index (Phi) is 2.14. The molecule has 0 amide bonds. The molecule has 0 N–H and O–H groups in total. The summed E-state index contributed by atoms with van der Waals surface area (Å²) in [7, 11) is 0. The molecule has 0 saturated carbocycles. The van der Waals surface area contributed by atoms with Gasteiger partial charge in [0.2, 0.25) is 0 Å². The average molecular weight is 221 g/mol. The van der Waals surface area contributed by atoms with Gasteiger partial charge in [0.05, 0.1) is 5.69 Å². The lowest BCUT2D eigenvalue weighted by Gasteiger charge is -1.97. The molecule has 0 bridgehead atoms. The van der Waals surface area contributed by atoms with Crippen LogP contribution in [-0.2, 0) is 0 Å². The van der Waals surface area contributed by atoms with Crippen LogP contribution < -0.4 is 0 Å². The van der Waals surface area contributed by atoms with Crippen molar-refractivity contribution in [3.8, 4) is 6.07 Å². The number of carbonyl (C=O) groups is 1. The van der Waals surface area contributed by atoms with Crippen molar-refractivity contribution in [2.75, 3.05) is 0 Å². The SMILES string of the molecule is Cc1nn2c(C=O)cc(Cl)nc2c1C#N. The fourth-order valence-corrected chi connectivity index (χ4v) is 1.52. The van der Waals surface area contributed by atoms with Crippen molar-refractivity contribution in [2.45, 2.75) is 6.92 Å². The molecule has 2 heterocycles. The van der Waals surface area contributed by atoms with Crippen LogP contribution in [-0.4, -0.2) is 20.9 Å². The molecule has 74 valence electrons. The second kappa shape index (κ2) is 3.33. The molecule has 2 aromatic rings. The number of aryl methyl sites for hydroxylation is 1. The van der Waals surface area contributed by atoms with Crippen molar-refractivity contribution in [2.24, 2.45) is 0 Å². The minimum Gasteiger partial charge on any atom is -0.296 e. The van der Waals surface area contributed by atoms with Gasteiger partial charge in [-0.2, -0.15) is 10.4 Å². The number of nitrogens with zero attached hydrogens (tertiary/aromatic N) is 4. The number of carbonyl (C=O) groups excluding carboxylic acids is 1. The van der Waals surface area contributed by atoms with Crippen LogP contribution in [0.15, 0.2) is 6.07 Å². The van der Waals surface area contributed by atoms with E-state index in [4.69, 9.17) is 16.9 Å². The number of halogens is 1. The average Bonchev–Trinajstić information content (AvgIpc) is 2.52. The fourth-order valence-electron chi connectivity index (χ4n) is 1.33. The Morgan fingerprint density at radius 3 is 3.00 bits per heavy atom. The molecule has 0 aliphatic rings. The van der Waals surface area contributed by atoms with Crippen molar-refractivity contribution in [3.63, 3.8) is 0 Å². The summed E-state index contributed by atoms with van der Waals surface area (Å²) in [6.45, 7) is 1.68. The highest BCUT2D eigenvalue weighted by molar-refractivity contribution is 6.29. The van der Waals surface area contributed by atoms with Crippen molar-refractivity contribution in [1.29, 1.82) is 5.26 Å². The molecule has 0 spiro atoms. The lowest BCUT2D eigenvalue weighted by molar-refractivity contribution is 0.111. The van der Waals surface area contributed by atoms with E-state index in [1.54, 1.807) is 6.92 Å². The molecule has 2 aromatic heterocycles. The van der Waals surface area contributed by atoms with Gasteiger partial charge in [0.25, 0.3) is 0 Å². The fraction of sp³-hybridized carbons (Fsp3) is 0.111. The van der Waals surface area contributed by atoms with Crippen LogP contribution in [0.4, 0.5) is 0 Å². The summed E-state index contributed by atoms with van der Waals surface area (Å²) in [6, 6.07) is 3.37. The van der Waals surface area contributed by atoms with E-state index in [0.717, 1.165) is 0 Å². The zero-order chi connectivity index (χ0) is 11.0. The molecular weight excluding hydrogens is 216 g/mol. The Hall–Kier alpha value is -1.93. The third kappa shape index (κ3) is 1.35. The minimum absolute atomic E-state index is 0.168. The third-order valence-corrected chi connectivity index (χ3v) is 2.19. The van der Waals surface area contributed by atoms with E-state index in [0.29, 0.717) is 23.2 Å². The van der Waals surface area contributed by atoms with Crippen LogP contribution in [0.2, 0.25) is 5.15 Å². The first-order valence-corrected chi connectivity index (χ1v) is 4.46. The summed E-state index contributed by atoms with van der Waals surface area (Å²) in [5.41, 5.74) is 1.44. The molecule has 0 unspecified atom stereocenters. The van der Waals surface area contributed by atoms with Gasteiger partial charge in [-0.3, -0.25) is 4.79 Å². The van der Waals surface area contributed by atoms with Gasteiger partial charge in [0.1, 0.15) is 22.5 Å². The van der Waals surface area contributed by atoms with Crippen LogP contribution in [0.3, 0.4) is 0 Å². The highest BCUT2D eigenvalue weighted by Crippen LogP contribution is 2.16. The molecule has 6 heteroatoms. The number of aldehydes is 1. The maximum atomic E-state index is 10.8. The van der Waals surface area contributed by atoms with Gasteiger partial charge in [-0.05, 0) is 6.92 Å². The number of fused-ring (bicyclic) bond motifs is 1. The topological polar surface area (TPSA) is 71.1 Å². The molecule has 0 aliphatic heterocycles. The van der Waals surface area contributed by atoms with Crippen LogP contribution in [0.5, 0.6) is 0 Å². The quantitative estimate of drug-likeness (QED) is 0.538. The lowest BCUT2D eigenvalue weighted by atomic mass is 10.3. The predicted molar refractivity (Wildman–Crippen MR) is 52.8 cm³/mol. The van der Waals surface area contributed by atoms with E-state index in [1.165, 1.54) is 10.6 Å². The van der Waals surface area contributed by atoms with Crippen molar-refractivity contribution < 1.29 is 4.79 Å². The molecule has 0 saturated heterocycles. The largest absolute Gasteiger partial charge is 0.296 e. The Morgan fingerprint density at radius 1 is 1.67 bits per heavy atom. The van der Waals surface area contributed by atoms with Crippen LogP contribution in [0.25, 0.3) is 5.65 Å². The van der Waals surface area contributed by atoms with Crippen LogP contribution in [0, 0.1) is 18.3 Å². The van der Waals surface area contributed by atoms with Gasteiger partial charge < -0.3 is 0 Å². The van der Waals surface area contributed by atoms with E-state index in [1.807, 2.05) is 6.07 Å². The Labute approximate surface area is 89.9 Å². The van der Waals surface area contributed by atoms with Crippen LogP contribution in [0.1, 0.15) is 21.7 Å². The summed E-state index contributed by atoms with van der Waals surface area (Å²) in [5.74, 6) is 0. The lowest BCUT2D eigenvalue weighted by Crippen LogP contribution is -1.99. The standard InChI is InChI=1S/C9H5ClN4O/c1-5-7(3-11)9-12-8(10)2-6(4-15)14(9)13-5/h2,4H,1H3. The summed E-state index contributed by atoms with van der Waals surface area (Å²) >= 11 is 5.72. The molecule has 0 fully saturated rings. The van der Waals surface area contributed by atoms with Crippen molar-refractivity contribution in [3.05, 3.63) is 28.2 Å². The van der Waals surface area contributed by atoms with Gasteiger partial charge >= 0.3 is 0 Å². The van der Waals surface area contributed by atoms with E-state index in [9.17, 15) is 4.79 Å². The Balaban J connectivity index is 2.97. The van der Waals surface area contributed by atoms with E-state index in [2.05, 4.69) is 10.1 Å². The molecule has 0 aliphatic carbocycles. The normalized spacial score (nSPS) is 10.2. The van der Waals surface area contributed by atoms with E-state index in [-0.39, 0.29) is 10.8 Å². The van der Waals surface area contributed by atoms with Gasteiger partial charge in [-0.15, -0.1) is 0 Å². The van der Waals surface area contributed by atoms with Gasteiger partial charge in [0, 0.05) is 6.07 Å². The second-order valence-electron chi connectivity index (χ2n) is 2.93. The molecule has 0 radical (unpaired) electrons. The molecular formula is C9H5ClN4O. The third-order valence-electron chi connectivity index (χ3n) is 1.99. The smallest absolute Gasteiger partial charge is 0.175 e. The Bertz CT molecular complexity index is 596. The molecule has 2 rings (SSSR count). The van der Waals surface area contributed by atoms with Crippen LogP contribution >= 0.6 is 11.6 Å². The summed E-state index contributed by atoms with van der Waals surface area (Å²) < 4.78 is 1.31. The van der Waals surface area contributed by atoms with Gasteiger partial charge in [0.15, 0.2) is 11.9 Å². The number of aromatic nitrogens is 3. The summed E-state index contributed by atoms with van der Waals surface area (Å²) in [5, 5.41) is 13.1. The van der Waals surface area contributed by atoms with Gasteiger partial charge in [-0.25, -0.2) is 9.50 Å². The Morgan fingerprint density at radius 2 is 2.40 bits per heavy atom. The number of rotatable bonds is 1. The molecule has 0 atom stereocenters. The number of hydrogen-bond donors (Lipinski definition) is 0. The van der Waals surface area contributed by atoms with Crippen molar-refractivity contribution in [1.82, 2.24) is 14.6 Å². The first-order valence-electron chi connectivity index (χ1n) is 4.08. The molecule has 5 nitrogen and oxygen atoms in total. The second-order valence-corrected chi connectivity index (χ2v) is 3.32. The zero-order valence-electron chi connectivity index (χ0n) is 7.73. The highest BCUT2D eigenvalue weighted by atomic mass is 35.5.